The van der Waals surface area contributed by atoms with Gasteiger partial charge in [-0.05, 0) is 25.0 Å². The van der Waals surface area contributed by atoms with E-state index in [1.165, 1.54) is 32.1 Å². The zero-order chi connectivity index (χ0) is 14.6. The minimum Gasteiger partial charge on any atom is -0.496 e. The van der Waals surface area contributed by atoms with E-state index in [0.717, 1.165) is 22.4 Å². The number of fused-ring (bicyclic) bond motifs is 1. The van der Waals surface area contributed by atoms with E-state index in [2.05, 4.69) is 15.1 Å². The second-order valence-corrected chi connectivity index (χ2v) is 5.41. The molecule has 1 N–H and O–H groups in total. The number of hydrogen-bond acceptors (Lipinski definition) is 3. The first-order valence-electron chi connectivity index (χ1n) is 6.94. The van der Waals surface area contributed by atoms with E-state index in [0.29, 0.717) is 17.5 Å². The molecule has 5 nitrogen and oxygen atoms in total. The molecule has 0 unspecified atom stereocenters. The quantitative estimate of drug-likeness (QED) is 0.805. The number of benzene rings is 1. The van der Waals surface area contributed by atoms with Gasteiger partial charge in [-0.25, -0.2) is 14.1 Å². The van der Waals surface area contributed by atoms with Crippen LogP contribution >= 0.6 is 0 Å². The first-order chi connectivity index (χ1) is 10.2. The summed E-state index contributed by atoms with van der Waals surface area (Å²) in [5, 5.41) is 4.53. The Morgan fingerprint density at radius 3 is 2.90 bits per heavy atom. The molecule has 4 rings (SSSR count). The van der Waals surface area contributed by atoms with Gasteiger partial charge in [0, 0.05) is 19.0 Å². The van der Waals surface area contributed by atoms with Crippen molar-refractivity contribution in [3.63, 3.8) is 0 Å². The highest BCUT2D eigenvalue weighted by atomic mass is 19.1. The van der Waals surface area contributed by atoms with Crippen molar-refractivity contribution >= 4 is 11.2 Å². The van der Waals surface area contributed by atoms with Crippen molar-refractivity contribution < 1.29 is 9.13 Å². The average molecular weight is 286 g/mol. The van der Waals surface area contributed by atoms with Gasteiger partial charge in [0.15, 0.2) is 5.65 Å². The number of halogens is 1. The Labute approximate surface area is 120 Å². The highest BCUT2D eigenvalue weighted by Crippen LogP contribution is 2.42. The van der Waals surface area contributed by atoms with Crippen LogP contribution in [0.5, 0.6) is 5.75 Å². The van der Waals surface area contributed by atoms with Gasteiger partial charge in [-0.15, -0.1) is 0 Å². The van der Waals surface area contributed by atoms with Crippen molar-refractivity contribution in [2.45, 2.75) is 18.8 Å². The Kier molecular flexibility index (Phi) is 2.54. The molecule has 0 amide bonds. The molecule has 1 aliphatic rings. The number of rotatable bonds is 3. The van der Waals surface area contributed by atoms with Crippen molar-refractivity contribution in [2.75, 3.05) is 7.11 Å². The lowest BCUT2D eigenvalue weighted by molar-refractivity contribution is 0.412. The second-order valence-electron chi connectivity index (χ2n) is 5.41. The number of aromatic nitrogens is 4. The molecule has 0 radical (unpaired) electrons. The molecule has 1 aromatic carbocycles. The summed E-state index contributed by atoms with van der Waals surface area (Å²) in [6, 6.07) is 4.45. The molecule has 0 bridgehead atoms. The van der Waals surface area contributed by atoms with Crippen molar-refractivity contribution in [1.82, 2.24) is 19.7 Å². The molecule has 2 heterocycles. The van der Waals surface area contributed by atoms with Crippen molar-refractivity contribution in [1.29, 1.82) is 0 Å². The van der Waals surface area contributed by atoms with Crippen LogP contribution in [0, 0.1) is 5.82 Å². The number of hydrogen-bond donors (Lipinski definition) is 1. The molecular formula is C15H15FN4O. The summed E-state index contributed by atoms with van der Waals surface area (Å²) in [6.45, 7) is 0. The van der Waals surface area contributed by atoms with Crippen LogP contribution in [-0.4, -0.2) is 26.9 Å². The third kappa shape index (κ3) is 1.90. The smallest absolute Gasteiger partial charge is 0.176 e. The summed E-state index contributed by atoms with van der Waals surface area (Å²) in [6.07, 6.45) is 2.36. The number of nitrogens with one attached hydrogen (secondary N) is 1. The fraction of sp³-hybridized carbons (Fsp3) is 0.333. The lowest BCUT2D eigenvalue weighted by atomic mass is 10.2. The summed E-state index contributed by atoms with van der Waals surface area (Å²) in [5.41, 5.74) is 3.61. The summed E-state index contributed by atoms with van der Waals surface area (Å²) < 4.78 is 20.4. The fourth-order valence-electron chi connectivity index (χ4n) is 2.67. The van der Waals surface area contributed by atoms with Gasteiger partial charge in [-0.1, -0.05) is 0 Å². The van der Waals surface area contributed by atoms with Gasteiger partial charge in [-0.3, -0.25) is 0 Å². The maximum atomic E-state index is 13.3. The van der Waals surface area contributed by atoms with Gasteiger partial charge in [-0.2, -0.15) is 5.10 Å². The Morgan fingerprint density at radius 2 is 2.19 bits per heavy atom. The van der Waals surface area contributed by atoms with Crippen LogP contribution in [-0.2, 0) is 7.05 Å². The lowest BCUT2D eigenvalue weighted by Gasteiger charge is -2.05. The van der Waals surface area contributed by atoms with Gasteiger partial charge >= 0.3 is 0 Å². The van der Waals surface area contributed by atoms with Gasteiger partial charge in [0.2, 0.25) is 0 Å². The number of H-pyrrole nitrogens is 1. The minimum absolute atomic E-state index is 0.327. The number of ether oxygens (including phenoxy) is 1. The van der Waals surface area contributed by atoms with E-state index in [1.54, 1.807) is 10.7 Å². The summed E-state index contributed by atoms with van der Waals surface area (Å²) in [7, 11) is 3.42. The van der Waals surface area contributed by atoms with E-state index in [1.807, 2.05) is 7.05 Å². The van der Waals surface area contributed by atoms with Crippen LogP contribution in [0.25, 0.3) is 22.6 Å². The highest BCUT2D eigenvalue weighted by Gasteiger charge is 2.30. The molecule has 108 valence electrons. The molecule has 6 heteroatoms. The zero-order valence-corrected chi connectivity index (χ0v) is 11.9. The van der Waals surface area contributed by atoms with E-state index >= 15 is 0 Å². The van der Waals surface area contributed by atoms with Crippen LogP contribution in [0.2, 0.25) is 0 Å². The van der Waals surface area contributed by atoms with Crippen LogP contribution < -0.4 is 4.74 Å². The molecule has 0 atom stereocenters. The minimum atomic E-state index is -0.327. The van der Waals surface area contributed by atoms with Crippen LogP contribution in [0.3, 0.4) is 0 Å². The average Bonchev–Trinajstić information content (AvgIpc) is 3.15. The number of aryl methyl sites for hydroxylation is 1. The topological polar surface area (TPSA) is 55.7 Å². The Balaban J connectivity index is 1.89. The fourth-order valence-corrected chi connectivity index (χ4v) is 2.67. The summed E-state index contributed by atoms with van der Waals surface area (Å²) >= 11 is 0. The third-order valence-corrected chi connectivity index (χ3v) is 3.89. The lowest BCUT2D eigenvalue weighted by Crippen LogP contribution is -1.94. The molecule has 3 aromatic rings. The number of imidazole rings is 1. The van der Waals surface area contributed by atoms with Gasteiger partial charge in [0.05, 0.1) is 18.4 Å². The van der Waals surface area contributed by atoms with E-state index < -0.39 is 0 Å². The standard InChI is InChI=1S/C15H15FN4O/c1-20-15-13(12(19-20)8-3-4-8)17-14(18-15)10-6-5-9(16)7-11(10)21-2/h5-8H,3-4H2,1-2H3,(H,17,18). The molecule has 0 saturated heterocycles. The zero-order valence-electron chi connectivity index (χ0n) is 11.9. The first kappa shape index (κ1) is 12.4. The maximum absolute atomic E-state index is 13.3. The normalized spacial score (nSPS) is 14.8. The van der Waals surface area contributed by atoms with Crippen LogP contribution in [0.1, 0.15) is 24.5 Å². The molecule has 0 aliphatic heterocycles. The van der Waals surface area contributed by atoms with E-state index in [9.17, 15) is 4.39 Å². The second kappa shape index (κ2) is 4.31. The monoisotopic (exact) mass is 286 g/mol. The van der Waals surface area contributed by atoms with Gasteiger partial charge < -0.3 is 9.72 Å². The number of methoxy groups -OCH3 is 1. The van der Waals surface area contributed by atoms with E-state index in [-0.39, 0.29) is 5.82 Å². The molecule has 1 fully saturated rings. The first-order valence-corrected chi connectivity index (χ1v) is 6.94. The molecular weight excluding hydrogens is 271 g/mol. The summed E-state index contributed by atoms with van der Waals surface area (Å²) in [4.78, 5) is 7.91. The van der Waals surface area contributed by atoms with E-state index in [4.69, 9.17) is 4.74 Å². The third-order valence-electron chi connectivity index (χ3n) is 3.89. The predicted molar refractivity (Wildman–Crippen MR) is 76.8 cm³/mol. The highest BCUT2D eigenvalue weighted by molar-refractivity contribution is 5.81. The Hall–Kier alpha value is -2.37. The SMILES string of the molecule is COc1cc(F)ccc1-c1nc2c([nH]1)c(C1CC1)nn2C. The maximum Gasteiger partial charge on any atom is 0.176 e. The molecule has 1 aliphatic carbocycles. The van der Waals surface area contributed by atoms with Crippen molar-refractivity contribution in [3.8, 4) is 17.1 Å². The Morgan fingerprint density at radius 1 is 1.38 bits per heavy atom. The molecule has 21 heavy (non-hydrogen) atoms. The predicted octanol–water partition coefficient (Wildman–Crippen LogP) is 2.99. The molecule has 0 spiro atoms. The molecule has 1 saturated carbocycles. The van der Waals surface area contributed by atoms with Crippen molar-refractivity contribution in [3.05, 3.63) is 29.7 Å². The number of nitrogens with zero attached hydrogens (tertiary/aromatic N) is 3. The number of aromatic amines is 1. The molecule has 2 aromatic heterocycles. The van der Waals surface area contributed by atoms with Gasteiger partial charge in [0.25, 0.3) is 0 Å². The largest absolute Gasteiger partial charge is 0.496 e. The van der Waals surface area contributed by atoms with Gasteiger partial charge in [0.1, 0.15) is 22.9 Å². The van der Waals surface area contributed by atoms with Crippen LogP contribution in [0.4, 0.5) is 4.39 Å². The summed E-state index contributed by atoms with van der Waals surface area (Å²) in [5.74, 6) is 1.36. The van der Waals surface area contributed by atoms with Crippen molar-refractivity contribution in [2.24, 2.45) is 7.05 Å². The Bertz CT molecular complexity index is 832. The van der Waals surface area contributed by atoms with Crippen LogP contribution in [0.15, 0.2) is 18.2 Å².